The van der Waals surface area contributed by atoms with Crippen molar-refractivity contribution in [1.29, 1.82) is 0 Å². The summed E-state index contributed by atoms with van der Waals surface area (Å²) in [6, 6.07) is 11.1. The van der Waals surface area contributed by atoms with Crippen LogP contribution in [-0.2, 0) is 6.42 Å². The second-order valence-corrected chi connectivity index (χ2v) is 6.30. The molecule has 0 heterocycles. The van der Waals surface area contributed by atoms with Gasteiger partial charge in [0.2, 0.25) is 0 Å². The first kappa shape index (κ1) is 16.6. The lowest BCUT2D eigenvalue weighted by molar-refractivity contribution is 0.405. The van der Waals surface area contributed by atoms with Crippen LogP contribution in [0.25, 0.3) is 0 Å². The number of methoxy groups -OCH3 is 1. The number of nitrogens with two attached hydrogens (primary N) is 1. The van der Waals surface area contributed by atoms with Crippen molar-refractivity contribution in [3.8, 4) is 5.75 Å². The first-order valence-electron chi connectivity index (χ1n) is 6.28. The van der Waals surface area contributed by atoms with E-state index in [2.05, 4.69) is 21.4 Å². The summed E-state index contributed by atoms with van der Waals surface area (Å²) in [5.41, 5.74) is 4.69. The van der Waals surface area contributed by atoms with Gasteiger partial charge in [0, 0.05) is 14.5 Å². The van der Waals surface area contributed by atoms with Gasteiger partial charge in [0.15, 0.2) is 0 Å². The Morgan fingerprint density at radius 3 is 2.62 bits per heavy atom. The Labute approximate surface area is 142 Å². The largest absolute Gasteiger partial charge is 0.496 e. The maximum atomic E-state index is 6.29. The van der Waals surface area contributed by atoms with Crippen LogP contribution in [0.2, 0.25) is 10.0 Å². The van der Waals surface area contributed by atoms with Gasteiger partial charge in [-0.25, -0.2) is 0 Å². The lowest BCUT2D eigenvalue weighted by Crippen LogP contribution is -2.30. The van der Waals surface area contributed by atoms with Gasteiger partial charge in [-0.1, -0.05) is 45.2 Å². The Kier molecular flexibility index (Phi) is 5.90. The normalized spacial score (nSPS) is 12.2. The third-order valence-corrected chi connectivity index (χ3v) is 4.26. The summed E-state index contributed by atoms with van der Waals surface area (Å²) in [6.07, 6.45) is 0.613. The number of hydrogen-bond acceptors (Lipinski definition) is 3. The smallest absolute Gasteiger partial charge is 0.122 e. The van der Waals surface area contributed by atoms with Crippen LogP contribution in [0.15, 0.2) is 40.9 Å². The Bertz CT molecular complexity index is 637. The predicted octanol–water partition coefficient (Wildman–Crippen LogP) is 4.51. The van der Waals surface area contributed by atoms with Crippen molar-refractivity contribution < 1.29 is 4.74 Å². The van der Waals surface area contributed by atoms with Crippen LogP contribution in [0, 0.1) is 0 Å². The molecule has 2 aromatic rings. The highest BCUT2D eigenvalue weighted by molar-refractivity contribution is 9.10. The van der Waals surface area contributed by atoms with Crippen LogP contribution < -0.4 is 16.0 Å². The summed E-state index contributed by atoms with van der Waals surface area (Å²) in [5, 5.41) is 1.30. The molecule has 0 aromatic heterocycles. The van der Waals surface area contributed by atoms with Crippen LogP contribution in [-0.4, -0.2) is 7.11 Å². The molecular weight excluding hydrogens is 375 g/mol. The molecule has 0 saturated heterocycles. The average Bonchev–Trinajstić information content (AvgIpc) is 2.45. The summed E-state index contributed by atoms with van der Waals surface area (Å²) in [6.45, 7) is 0. The fraction of sp³-hybridized carbons (Fsp3) is 0.200. The Hall–Kier alpha value is -0.780. The van der Waals surface area contributed by atoms with E-state index in [4.69, 9.17) is 33.8 Å². The number of ether oxygens (including phenoxy) is 1. The fourth-order valence-electron chi connectivity index (χ4n) is 2.17. The minimum atomic E-state index is -0.141. The minimum absolute atomic E-state index is 0.141. The number of benzene rings is 2. The van der Waals surface area contributed by atoms with Crippen LogP contribution in [0.3, 0.4) is 0 Å². The minimum Gasteiger partial charge on any atom is -0.496 e. The van der Waals surface area contributed by atoms with Crippen molar-refractivity contribution in [2.24, 2.45) is 5.84 Å². The molecule has 6 heteroatoms. The molecule has 0 spiro atoms. The van der Waals surface area contributed by atoms with Crippen molar-refractivity contribution in [2.75, 3.05) is 7.11 Å². The maximum Gasteiger partial charge on any atom is 0.122 e. The monoisotopic (exact) mass is 388 g/mol. The molecule has 3 nitrogen and oxygen atoms in total. The summed E-state index contributed by atoms with van der Waals surface area (Å²) < 4.78 is 6.29. The van der Waals surface area contributed by atoms with Gasteiger partial charge in [-0.15, -0.1) is 0 Å². The molecule has 0 bridgehead atoms. The number of rotatable bonds is 5. The second kappa shape index (κ2) is 7.47. The van der Waals surface area contributed by atoms with E-state index >= 15 is 0 Å². The highest BCUT2D eigenvalue weighted by atomic mass is 79.9. The molecule has 0 radical (unpaired) electrons. The van der Waals surface area contributed by atoms with Crippen molar-refractivity contribution in [3.63, 3.8) is 0 Å². The van der Waals surface area contributed by atoms with Crippen LogP contribution in [0.5, 0.6) is 5.75 Å². The van der Waals surface area contributed by atoms with Gasteiger partial charge in [0.25, 0.3) is 0 Å². The van der Waals surface area contributed by atoms with Gasteiger partial charge in [0.05, 0.1) is 13.2 Å². The van der Waals surface area contributed by atoms with Crippen LogP contribution >= 0.6 is 39.1 Å². The maximum absolute atomic E-state index is 6.29. The standard InChI is InChI=1S/C15H15BrCl2N2O/c1-21-15-5-3-11(17)6-9(15)7-14(20-19)12-4-2-10(16)8-13(12)18/h2-6,8,14,20H,7,19H2,1H3. The molecular formula is C15H15BrCl2N2O. The number of halogens is 3. The topological polar surface area (TPSA) is 47.3 Å². The van der Waals surface area contributed by atoms with Crippen molar-refractivity contribution in [2.45, 2.75) is 12.5 Å². The summed E-state index contributed by atoms with van der Waals surface area (Å²) in [5.74, 6) is 6.47. The average molecular weight is 390 g/mol. The molecule has 0 aliphatic carbocycles. The van der Waals surface area contributed by atoms with Gasteiger partial charge >= 0.3 is 0 Å². The Balaban J connectivity index is 2.33. The Morgan fingerprint density at radius 1 is 1.24 bits per heavy atom. The van der Waals surface area contributed by atoms with Gasteiger partial charge in [-0.2, -0.15) is 0 Å². The van der Waals surface area contributed by atoms with Gasteiger partial charge in [-0.05, 0) is 47.9 Å². The third kappa shape index (κ3) is 4.11. The van der Waals surface area contributed by atoms with Crippen molar-refractivity contribution >= 4 is 39.1 Å². The third-order valence-electron chi connectivity index (χ3n) is 3.21. The van der Waals surface area contributed by atoms with E-state index in [9.17, 15) is 0 Å². The molecule has 1 atom stereocenters. The first-order valence-corrected chi connectivity index (χ1v) is 7.83. The van der Waals surface area contributed by atoms with Crippen LogP contribution in [0.4, 0.5) is 0 Å². The molecule has 21 heavy (non-hydrogen) atoms. The first-order chi connectivity index (χ1) is 10.0. The zero-order chi connectivity index (χ0) is 15.4. The zero-order valence-electron chi connectivity index (χ0n) is 11.4. The lowest BCUT2D eigenvalue weighted by atomic mass is 9.98. The van der Waals surface area contributed by atoms with Gasteiger partial charge < -0.3 is 4.74 Å². The van der Waals surface area contributed by atoms with Crippen LogP contribution in [0.1, 0.15) is 17.2 Å². The van der Waals surface area contributed by atoms with E-state index in [0.717, 1.165) is 21.3 Å². The zero-order valence-corrected chi connectivity index (χ0v) is 14.5. The summed E-state index contributed by atoms with van der Waals surface area (Å²) >= 11 is 15.7. The number of nitrogens with one attached hydrogen (secondary N) is 1. The summed E-state index contributed by atoms with van der Waals surface area (Å²) in [7, 11) is 1.63. The molecule has 0 aliphatic rings. The Morgan fingerprint density at radius 2 is 2.00 bits per heavy atom. The summed E-state index contributed by atoms with van der Waals surface area (Å²) in [4.78, 5) is 0. The van der Waals surface area contributed by atoms with E-state index in [0.29, 0.717) is 16.5 Å². The molecule has 2 aromatic carbocycles. The molecule has 3 N–H and O–H groups in total. The molecule has 0 fully saturated rings. The van der Waals surface area contributed by atoms with Crippen molar-refractivity contribution in [3.05, 3.63) is 62.0 Å². The highest BCUT2D eigenvalue weighted by Gasteiger charge is 2.17. The second-order valence-electron chi connectivity index (χ2n) is 4.55. The van der Waals surface area contributed by atoms with E-state index in [-0.39, 0.29) is 6.04 Å². The molecule has 0 amide bonds. The van der Waals surface area contributed by atoms with Gasteiger partial charge in [-0.3, -0.25) is 11.3 Å². The molecule has 0 saturated carbocycles. The van der Waals surface area contributed by atoms with Crippen molar-refractivity contribution in [1.82, 2.24) is 5.43 Å². The van der Waals surface area contributed by atoms with Gasteiger partial charge in [0.1, 0.15) is 5.75 Å². The van der Waals surface area contributed by atoms with E-state index < -0.39 is 0 Å². The van der Waals surface area contributed by atoms with E-state index in [1.165, 1.54) is 0 Å². The quantitative estimate of drug-likeness (QED) is 0.584. The molecule has 0 aliphatic heterocycles. The predicted molar refractivity (Wildman–Crippen MR) is 90.9 cm³/mol. The van der Waals surface area contributed by atoms with E-state index in [1.807, 2.05) is 30.3 Å². The molecule has 1 unspecified atom stereocenters. The number of hydrazine groups is 1. The lowest BCUT2D eigenvalue weighted by Gasteiger charge is -2.19. The highest BCUT2D eigenvalue weighted by Crippen LogP contribution is 2.31. The molecule has 112 valence electrons. The fourth-order valence-corrected chi connectivity index (χ4v) is 3.17. The number of hydrogen-bond donors (Lipinski definition) is 2. The SMILES string of the molecule is COc1ccc(Cl)cc1CC(NN)c1ccc(Br)cc1Cl. The van der Waals surface area contributed by atoms with E-state index in [1.54, 1.807) is 13.2 Å². The molecule has 2 rings (SSSR count).